The highest BCUT2D eigenvalue weighted by atomic mass is 16.6. The number of carbonyl (C=O) groups excluding carboxylic acids is 1. The van der Waals surface area contributed by atoms with Crippen LogP contribution in [0.25, 0.3) is 6.08 Å². The fourth-order valence-corrected chi connectivity index (χ4v) is 5.99. The second kappa shape index (κ2) is 12.5. The molecule has 1 heterocycles. The van der Waals surface area contributed by atoms with Gasteiger partial charge in [0.25, 0.3) is 0 Å². The Morgan fingerprint density at radius 2 is 1.92 bits per heavy atom. The number of carboxylic acid groups (broad SMARTS) is 1. The summed E-state index contributed by atoms with van der Waals surface area (Å²) in [4.78, 5) is 29.9. The van der Waals surface area contributed by atoms with Crippen LogP contribution in [-0.4, -0.2) is 45.9 Å². The number of ether oxygens (including phenoxy) is 2. The molecule has 7 heteroatoms. The molecule has 0 amide bonds. The number of fused-ring (bicyclic) bond motifs is 1. The first-order valence-corrected chi connectivity index (χ1v) is 13.8. The minimum absolute atomic E-state index is 0.174. The molecule has 0 radical (unpaired) electrons. The fraction of sp³-hybridized carbons (Fsp3) is 0.645. The standard InChI is InChI=1S/C31H46N2O5/c1-19(2)23-13-12-20(3)24-14-21(25(29(34)35)15-22-17-33(7)18-32-22)10-9-11-27(37-8)28(16-26(23)24)38-30(36)31(4,5)6/h9,11-12,15,17-19,21,23-24,26-28H,10,13-14,16H2,1-8H3,(H,34,35)/t21-,23-,24+,26-,27-,28-/m1/s1. The average Bonchev–Trinajstić information content (AvgIpc) is 3.24. The average molecular weight is 527 g/mol. The molecular weight excluding hydrogens is 480 g/mol. The van der Waals surface area contributed by atoms with E-state index in [4.69, 9.17) is 9.47 Å². The van der Waals surface area contributed by atoms with Crippen molar-refractivity contribution in [3.63, 3.8) is 0 Å². The molecule has 0 aliphatic heterocycles. The van der Waals surface area contributed by atoms with Crippen LogP contribution < -0.4 is 0 Å². The van der Waals surface area contributed by atoms with E-state index < -0.39 is 23.6 Å². The van der Waals surface area contributed by atoms with Crippen molar-refractivity contribution in [2.45, 2.75) is 79.4 Å². The van der Waals surface area contributed by atoms with Crippen LogP contribution in [0.2, 0.25) is 0 Å². The number of methoxy groups -OCH3 is 1. The number of hydrogen-bond donors (Lipinski definition) is 1. The molecule has 2 aliphatic carbocycles. The van der Waals surface area contributed by atoms with Gasteiger partial charge in [0.15, 0.2) is 0 Å². The molecule has 0 aromatic carbocycles. The van der Waals surface area contributed by atoms with Crippen molar-refractivity contribution in [2.75, 3.05) is 7.11 Å². The maximum atomic E-state index is 13.0. The molecule has 0 saturated heterocycles. The molecule has 7 nitrogen and oxygen atoms in total. The number of imidazole rings is 1. The molecule has 0 fully saturated rings. The van der Waals surface area contributed by atoms with Gasteiger partial charge in [0.1, 0.15) is 12.2 Å². The Labute approximate surface area is 228 Å². The number of aromatic nitrogens is 2. The van der Waals surface area contributed by atoms with Gasteiger partial charge in [0.2, 0.25) is 0 Å². The Morgan fingerprint density at radius 3 is 2.47 bits per heavy atom. The van der Waals surface area contributed by atoms with Crippen molar-refractivity contribution >= 4 is 18.0 Å². The summed E-state index contributed by atoms with van der Waals surface area (Å²) >= 11 is 0. The molecule has 1 aromatic heterocycles. The van der Waals surface area contributed by atoms with Gasteiger partial charge in [-0.2, -0.15) is 0 Å². The monoisotopic (exact) mass is 526 g/mol. The van der Waals surface area contributed by atoms with E-state index in [9.17, 15) is 14.7 Å². The predicted molar refractivity (Wildman–Crippen MR) is 149 cm³/mol. The van der Waals surface area contributed by atoms with Crippen LogP contribution in [0, 0.1) is 35.0 Å². The van der Waals surface area contributed by atoms with Gasteiger partial charge >= 0.3 is 11.9 Å². The minimum atomic E-state index is -0.916. The Hall–Kier alpha value is -2.67. The van der Waals surface area contributed by atoms with Crippen molar-refractivity contribution in [3.8, 4) is 0 Å². The van der Waals surface area contributed by atoms with Crippen LogP contribution >= 0.6 is 0 Å². The maximum absolute atomic E-state index is 13.0. The summed E-state index contributed by atoms with van der Waals surface area (Å²) in [5.41, 5.74) is 1.69. The van der Waals surface area contributed by atoms with Gasteiger partial charge in [-0.15, -0.1) is 0 Å². The molecule has 0 saturated carbocycles. The first-order chi connectivity index (χ1) is 17.8. The van der Waals surface area contributed by atoms with E-state index in [1.807, 2.05) is 50.7 Å². The molecule has 1 aromatic rings. The number of rotatable bonds is 6. The largest absolute Gasteiger partial charge is 0.478 e. The van der Waals surface area contributed by atoms with E-state index in [1.165, 1.54) is 5.57 Å². The number of aliphatic carboxylic acids is 1. The zero-order valence-corrected chi connectivity index (χ0v) is 24.3. The predicted octanol–water partition coefficient (Wildman–Crippen LogP) is 6.07. The molecule has 1 N–H and O–H groups in total. The van der Waals surface area contributed by atoms with Crippen molar-refractivity contribution in [1.29, 1.82) is 0 Å². The van der Waals surface area contributed by atoms with Gasteiger partial charge < -0.3 is 19.1 Å². The number of carboxylic acids is 1. The first kappa shape index (κ1) is 29.9. The second-order valence-corrected chi connectivity index (χ2v) is 12.5. The number of hydrogen-bond acceptors (Lipinski definition) is 5. The molecular formula is C31H46N2O5. The first-order valence-electron chi connectivity index (χ1n) is 13.8. The number of nitrogens with zero attached hydrogens (tertiary/aromatic N) is 2. The second-order valence-electron chi connectivity index (χ2n) is 12.5. The maximum Gasteiger partial charge on any atom is 0.331 e. The summed E-state index contributed by atoms with van der Waals surface area (Å²) in [6.07, 6.45) is 13.6. The van der Waals surface area contributed by atoms with E-state index >= 15 is 0 Å². The lowest BCUT2D eigenvalue weighted by Crippen LogP contribution is -2.42. The van der Waals surface area contributed by atoms with Crippen molar-refractivity contribution in [3.05, 3.63) is 47.6 Å². The molecule has 0 spiro atoms. The Bertz CT molecular complexity index is 1070. The summed E-state index contributed by atoms with van der Waals surface area (Å²) < 4.78 is 13.8. The minimum Gasteiger partial charge on any atom is -0.478 e. The molecule has 0 bridgehead atoms. The van der Waals surface area contributed by atoms with E-state index in [0.29, 0.717) is 42.4 Å². The Balaban J connectivity index is 2.08. The third-order valence-electron chi connectivity index (χ3n) is 8.23. The van der Waals surface area contributed by atoms with Gasteiger partial charge in [-0.05, 0) is 89.0 Å². The van der Waals surface area contributed by atoms with Crippen molar-refractivity contribution < 1.29 is 24.2 Å². The van der Waals surface area contributed by atoms with E-state index in [-0.39, 0.29) is 23.7 Å². The lowest BCUT2D eigenvalue weighted by molar-refractivity contribution is -0.166. The number of carbonyl (C=O) groups is 2. The van der Waals surface area contributed by atoms with Gasteiger partial charge in [0.05, 0.1) is 17.4 Å². The molecule has 210 valence electrons. The highest BCUT2D eigenvalue weighted by Crippen LogP contribution is 2.46. The van der Waals surface area contributed by atoms with Crippen LogP contribution in [0.15, 0.2) is 41.9 Å². The number of aryl methyl sites for hydroxylation is 1. The molecule has 2 aliphatic rings. The summed E-state index contributed by atoms with van der Waals surface area (Å²) in [6.45, 7) is 12.3. The zero-order valence-electron chi connectivity index (χ0n) is 24.3. The van der Waals surface area contributed by atoms with Crippen LogP contribution in [0.4, 0.5) is 0 Å². The summed E-state index contributed by atoms with van der Waals surface area (Å²) in [5.74, 6) is -0.109. The van der Waals surface area contributed by atoms with Gasteiger partial charge in [-0.25, -0.2) is 9.78 Å². The summed E-state index contributed by atoms with van der Waals surface area (Å²) in [7, 11) is 3.51. The fourth-order valence-electron chi connectivity index (χ4n) is 5.99. The normalized spacial score (nSPS) is 29.0. The van der Waals surface area contributed by atoms with Gasteiger partial charge in [-0.1, -0.05) is 37.6 Å². The Morgan fingerprint density at radius 1 is 1.21 bits per heavy atom. The highest BCUT2D eigenvalue weighted by Gasteiger charge is 2.41. The third-order valence-corrected chi connectivity index (χ3v) is 8.23. The molecule has 3 rings (SSSR count). The summed E-state index contributed by atoms with van der Waals surface area (Å²) in [5, 5.41) is 10.3. The van der Waals surface area contributed by atoms with Gasteiger partial charge in [0, 0.05) is 25.9 Å². The van der Waals surface area contributed by atoms with Crippen LogP contribution in [-0.2, 0) is 26.1 Å². The highest BCUT2D eigenvalue weighted by molar-refractivity contribution is 5.92. The van der Waals surface area contributed by atoms with E-state index in [0.717, 1.165) is 6.42 Å². The van der Waals surface area contributed by atoms with Crippen LogP contribution in [0.3, 0.4) is 0 Å². The van der Waals surface area contributed by atoms with Gasteiger partial charge in [-0.3, -0.25) is 4.79 Å². The lowest BCUT2D eigenvalue weighted by Gasteiger charge is -2.44. The van der Waals surface area contributed by atoms with E-state index in [2.05, 4.69) is 31.8 Å². The Kier molecular flexibility index (Phi) is 9.80. The smallest absolute Gasteiger partial charge is 0.331 e. The molecule has 6 atom stereocenters. The molecule has 38 heavy (non-hydrogen) atoms. The van der Waals surface area contributed by atoms with E-state index in [1.54, 1.807) is 19.5 Å². The molecule has 0 unspecified atom stereocenters. The summed E-state index contributed by atoms with van der Waals surface area (Å²) in [6, 6.07) is 0. The zero-order chi connectivity index (χ0) is 28.2. The van der Waals surface area contributed by atoms with Crippen molar-refractivity contribution in [1.82, 2.24) is 9.55 Å². The van der Waals surface area contributed by atoms with Crippen LogP contribution in [0.5, 0.6) is 0 Å². The van der Waals surface area contributed by atoms with Crippen LogP contribution in [0.1, 0.15) is 72.9 Å². The quantitative estimate of drug-likeness (QED) is 0.275. The number of esters is 1. The third kappa shape index (κ3) is 7.25. The number of allylic oxidation sites excluding steroid dienone is 3. The lowest BCUT2D eigenvalue weighted by atomic mass is 9.63. The SMILES string of the molecule is CO[C@@H]1C=CC[C@@H](C(=Cc2cn(C)cn2)C(=O)O)C[C@H]2C(C)=CC[C@H](C(C)C)[C@H]2C[C@H]1OC(=O)C(C)(C)C. The topological polar surface area (TPSA) is 90.7 Å². The van der Waals surface area contributed by atoms with Crippen molar-refractivity contribution in [2.24, 2.45) is 42.1 Å².